The van der Waals surface area contributed by atoms with Crippen molar-refractivity contribution in [2.24, 2.45) is 0 Å². The number of urea groups is 1. The minimum absolute atomic E-state index is 0.0557. The average molecular weight is 379 g/mol. The predicted octanol–water partition coefficient (Wildman–Crippen LogP) is 2.37. The van der Waals surface area contributed by atoms with Crippen LogP contribution in [0.3, 0.4) is 0 Å². The number of hydrogen-bond acceptors (Lipinski definition) is 7. The van der Waals surface area contributed by atoms with Gasteiger partial charge in [0.2, 0.25) is 0 Å². The van der Waals surface area contributed by atoms with Crippen LogP contribution in [-0.4, -0.2) is 33.7 Å². The number of aromatic hydroxyl groups is 2. The van der Waals surface area contributed by atoms with E-state index >= 15 is 0 Å². The zero-order valence-corrected chi connectivity index (χ0v) is 14.9. The SMILES string of the molecule is CCCCC1=C(C(=O)OCC)C(c2cc([N+](=O)[O-])c(O)cc2O)NC(=O)N1. The Morgan fingerprint density at radius 2 is 2.00 bits per heavy atom. The Kier molecular flexibility index (Phi) is 6.22. The summed E-state index contributed by atoms with van der Waals surface area (Å²) in [6.45, 7) is 3.66. The second-order valence-electron chi connectivity index (χ2n) is 5.90. The molecule has 146 valence electrons. The van der Waals surface area contributed by atoms with E-state index in [9.17, 15) is 29.9 Å². The summed E-state index contributed by atoms with van der Waals surface area (Å²) >= 11 is 0. The third-order valence-corrected chi connectivity index (χ3v) is 4.06. The number of carbonyl (C=O) groups is 2. The largest absolute Gasteiger partial charge is 0.507 e. The highest BCUT2D eigenvalue weighted by molar-refractivity contribution is 5.95. The number of unbranched alkanes of at least 4 members (excludes halogenated alkanes) is 1. The minimum atomic E-state index is -1.16. The average Bonchev–Trinajstić information content (AvgIpc) is 2.59. The predicted molar refractivity (Wildman–Crippen MR) is 94.0 cm³/mol. The smallest absolute Gasteiger partial charge is 0.338 e. The third-order valence-electron chi connectivity index (χ3n) is 4.06. The molecule has 0 saturated heterocycles. The molecular weight excluding hydrogens is 358 g/mol. The molecular formula is C17H21N3O7. The summed E-state index contributed by atoms with van der Waals surface area (Å²) in [7, 11) is 0. The van der Waals surface area contributed by atoms with Crippen LogP contribution >= 0.6 is 0 Å². The molecule has 1 aliphatic rings. The van der Waals surface area contributed by atoms with Crippen LogP contribution in [0.15, 0.2) is 23.4 Å². The Morgan fingerprint density at radius 3 is 2.59 bits per heavy atom. The number of esters is 1. The number of nitro benzene ring substituents is 1. The minimum Gasteiger partial charge on any atom is -0.507 e. The first kappa shape index (κ1) is 20.0. The van der Waals surface area contributed by atoms with Crippen LogP contribution in [0.5, 0.6) is 11.5 Å². The molecule has 1 aliphatic heterocycles. The molecule has 4 N–H and O–H groups in total. The van der Waals surface area contributed by atoms with Crippen LogP contribution < -0.4 is 10.6 Å². The van der Waals surface area contributed by atoms with Gasteiger partial charge in [0.25, 0.3) is 0 Å². The molecule has 1 aromatic carbocycles. The third kappa shape index (κ3) is 4.27. The normalized spacial score (nSPS) is 16.5. The number of phenolic OH excluding ortho intramolecular Hbond substituents is 2. The van der Waals surface area contributed by atoms with Crippen molar-refractivity contribution in [1.82, 2.24) is 10.6 Å². The molecule has 0 spiro atoms. The van der Waals surface area contributed by atoms with Gasteiger partial charge in [0.05, 0.1) is 23.1 Å². The van der Waals surface area contributed by atoms with E-state index in [4.69, 9.17) is 4.74 Å². The number of allylic oxidation sites excluding steroid dienone is 1. The molecule has 2 amide bonds. The fourth-order valence-electron chi connectivity index (χ4n) is 2.81. The quantitative estimate of drug-likeness (QED) is 0.322. The van der Waals surface area contributed by atoms with Crippen molar-refractivity contribution < 1.29 is 29.5 Å². The van der Waals surface area contributed by atoms with Crippen molar-refractivity contribution in [3.05, 3.63) is 39.1 Å². The first-order valence-corrected chi connectivity index (χ1v) is 8.48. The Morgan fingerprint density at radius 1 is 1.30 bits per heavy atom. The standard InChI is InChI=1S/C17H21N3O7/c1-3-5-6-10-14(16(23)27-4-2)15(19-17(24)18-10)9-7-11(20(25)26)13(22)8-12(9)21/h7-8,15,21-22H,3-6H2,1-2H3,(H2,18,19,24). The summed E-state index contributed by atoms with van der Waals surface area (Å²) in [5.41, 5.74) is -0.361. The molecule has 0 radical (unpaired) electrons. The van der Waals surface area contributed by atoms with Crippen LogP contribution in [0.25, 0.3) is 0 Å². The van der Waals surface area contributed by atoms with Gasteiger partial charge >= 0.3 is 17.7 Å². The molecule has 10 nitrogen and oxygen atoms in total. The van der Waals surface area contributed by atoms with Crippen LogP contribution in [0.2, 0.25) is 0 Å². The topological polar surface area (TPSA) is 151 Å². The first-order chi connectivity index (χ1) is 12.8. The lowest BCUT2D eigenvalue weighted by atomic mass is 9.92. The summed E-state index contributed by atoms with van der Waals surface area (Å²) in [4.78, 5) is 34.9. The molecule has 27 heavy (non-hydrogen) atoms. The maximum absolute atomic E-state index is 12.5. The number of carbonyl (C=O) groups excluding carboxylic acids is 2. The van der Waals surface area contributed by atoms with E-state index in [-0.39, 0.29) is 17.7 Å². The number of nitrogens with zero attached hydrogens (tertiary/aromatic N) is 1. The fraction of sp³-hybridized carbons (Fsp3) is 0.412. The van der Waals surface area contributed by atoms with E-state index < -0.39 is 40.2 Å². The summed E-state index contributed by atoms with van der Waals surface area (Å²) in [5.74, 6) is -1.94. The highest BCUT2D eigenvalue weighted by atomic mass is 16.6. The number of amides is 2. The van der Waals surface area contributed by atoms with Gasteiger partial charge in [-0.3, -0.25) is 10.1 Å². The zero-order valence-electron chi connectivity index (χ0n) is 14.9. The van der Waals surface area contributed by atoms with Crippen molar-refractivity contribution in [3.8, 4) is 11.5 Å². The van der Waals surface area contributed by atoms with Crippen molar-refractivity contribution in [2.45, 2.75) is 39.2 Å². The Balaban J connectivity index is 2.63. The number of rotatable bonds is 7. The summed E-state index contributed by atoms with van der Waals surface area (Å²) < 4.78 is 5.07. The number of ether oxygens (including phenoxy) is 1. The second kappa shape index (κ2) is 8.39. The van der Waals surface area contributed by atoms with Gasteiger partial charge in [0, 0.05) is 23.4 Å². The van der Waals surface area contributed by atoms with Crippen molar-refractivity contribution >= 4 is 17.7 Å². The lowest BCUT2D eigenvalue weighted by Crippen LogP contribution is -2.46. The van der Waals surface area contributed by atoms with Crippen LogP contribution in [0.4, 0.5) is 10.5 Å². The van der Waals surface area contributed by atoms with E-state index in [1.807, 2.05) is 6.92 Å². The highest BCUT2D eigenvalue weighted by Crippen LogP contribution is 2.40. The molecule has 0 fully saturated rings. The molecule has 1 atom stereocenters. The maximum Gasteiger partial charge on any atom is 0.338 e. The van der Waals surface area contributed by atoms with E-state index in [0.717, 1.165) is 18.6 Å². The summed E-state index contributed by atoms with van der Waals surface area (Å²) in [5, 5.41) is 36.0. The van der Waals surface area contributed by atoms with Gasteiger partial charge in [-0.05, 0) is 19.8 Å². The number of hydrogen-bond donors (Lipinski definition) is 4. The molecule has 2 rings (SSSR count). The Labute approximate surface area is 155 Å². The summed E-state index contributed by atoms with van der Waals surface area (Å²) in [6, 6.07) is -0.0495. The molecule has 1 heterocycles. The highest BCUT2D eigenvalue weighted by Gasteiger charge is 2.36. The van der Waals surface area contributed by atoms with Gasteiger partial charge in [-0.15, -0.1) is 0 Å². The van der Waals surface area contributed by atoms with E-state index in [1.165, 1.54) is 0 Å². The van der Waals surface area contributed by atoms with Gasteiger partial charge in [-0.25, -0.2) is 9.59 Å². The van der Waals surface area contributed by atoms with Crippen molar-refractivity contribution in [1.29, 1.82) is 0 Å². The van der Waals surface area contributed by atoms with Crippen LogP contribution in [0, 0.1) is 10.1 Å². The lowest BCUT2D eigenvalue weighted by Gasteiger charge is -2.29. The zero-order chi connectivity index (χ0) is 20.1. The lowest BCUT2D eigenvalue weighted by molar-refractivity contribution is -0.386. The van der Waals surface area contributed by atoms with Crippen molar-refractivity contribution in [3.63, 3.8) is 0 Å². The van der Waals surface area contributed by atoms with Crippen molar-refractivity contribution in [2.75, 3.05) is 6.61 Å². The number of phenols is 2. The number of benzene rings is 1. The van der Waals surface area contributed by atoms with E-state index in [2.05, 4.69) is 10.6 Å². The maximum atomic E-state index is 12.5. The molecule has 0 aliphatic carbocycles. The molecule has 0 aromatic heterocycles. The summed E-state index contributed by atoms with van der Waals surface area (Å²) in [6.07, 6.45) is 1.88. The Hall–Kier alpha value is -3.30. The van der Waals surface area contributed by atoms with Crippen LogP contribution in [-0.2, 0) is 9.53 Å². The van der Waals surface area contributed by atoms with Gasteiger partial charge in [-0.2, -0.15) is 0 Å². The van der Waals surface area contributed by atoms with Gasteiger partial charge < -0.3 is 25.6 Å². The van der Waals surface area contributed by atoms with Gasteiger partial charge in [-0.1, -0.05) is 13.3 Å². The molecule has 0 saturated carbocycles. The molecule has 0 bridgehead atoms. The van der Waals surface area contributed by atoms with E-state index in [1.54, 1.807) is 6.92 Å². The fourth-order valence-corrected chi connectivity index (χ4v) is 2.81. The van der Waals surface area contributed by atoms with Gasteiger partial charge in [0.1, 0.15) is 5.75 Å². The second-order valence-corrected chi connectivity index (χ2v) is 5.90. The number of nitro groups is 1. The van der Waals surface area contributed by atoms with Gasteiger partial charge in [0.15, 0.2) is 5.75 Å². The first-order valence-electron chi connectivity index (χ1n) is 8.48. The molecule has 1 unspecified atom stereocenters. The number of nitrogens with one attached hydrogen (secondary N) is 2. The monoisotopic (exact) mass is 379 g/mol. The molecule has 1 aromatic rings. The van der Waals surface area contributed by atoms with Crippen LogP contribution in [0.1, 0.15) is 44.7 Å². The Bertz CT molecular complexity index is 804. The van der Waals surface area contributed by atoms with E-state index in [0.29, 0.717) is 18.5 Å². The molecule has 10 heteroatoms.